The lowest BCUT2D eigenvalue weighted by atomic mass is 9.82. The number of H-pyrrole nitrogens is 2. The second-order valence-electron chi connectivity index (χ2n) is 11.0. The van der Waals surface area contributed by atoms with E-state index in [0.29, 0.717) is 34.4 Å². The highest BCUT2D eigenvalue weighted by Gasteiger charge is 2.54. The fourth-order valence-electron chi connectivity index (χ4n) is 6.75. The summed E-state index contributed by atoms with van der Waals surface area (Å²) < 4.78 is 8.10. The van der Waals surface area contributed by atoms with E-state index in [4.69, 9.17) is 27.9 Å². The van der Waals surface area contributed by atoms with Crippen molar-refractivity contribution in [1.82, 2.24) is 14.5 Å². The van der Waals surface area contributed by atoms with Gasteiger partial charge >= 0.3 is 5.69 Å². The fraction of sp³-hybridized carbons (Fsp3) is 0.258. The van der Waals surface area contributed by atoms with Gasteiger partial charge in [-0.15, -0.1) is 0 Å². The minimum Gasteiger partial charge on any atom is -0.494 e. The van der Waals surface area contributed by atoms with Gasteiger partial charge in [0.05, 0.1) is 23.8 Å². The van der Waals surface area contributed by atoms with E-state index in [1.807, 2.05) is 30.3 Å². The van der Waals surface area contributed by atoms with Crippen LogP contribution in [0, 0.1) is 6.92 Å². The third-order valence-electron chi connectivity index (χ3n) is 8.37. The summed E-state index contributed by atoms with van der Waals surface area (Å²) in [6, 6.07) is 16.1. The third kappa shape index (κ3) is 3.47. The second-order valence-corrected chi connectivity index (χ2v) is 11.9. The number of anilines is 2. The van der Waals surface area contributed by atoms with Crippen molar-refractivity contribution in [2.45, 2.75) is 38.8 Å². The molecule has 2 aromatic heterocycles. The van der Waals surface area contributed by atoms with Gasteiger partial charge in [0.2, 0.25) is 0 Å². The van der Waals surface area contributed by atoms with E-state index in [0.717, 1.165) is 22.6 Å². The summed E-state index contributed by atoms with van der Waals surface area (Å²) in [6.45, 7) is 7.98. The van der Waals surface area contributed by atoms with E-state index in [9.17, 15) is 4.79 Å². The van der Waals surface area contributed by atoms with Crippen molar-refractivity contribution < 1.29 is 4.74 Å². The van der Waals surface area contributed by atoms with Crippen LogP contribution in [0.4, 0.5) is 11.4 Å². The first kappa shape index (κ1) is 25.2. The van der Waals surface area contributed by atoms with Gasteiger partial charge in [-0.2, -0.15) is 0 Å². The summed E-state index contributed by atoms with van der Waals surface area (Å²) in [4.78, 5) is 20.3. The minimum atomic E-state index is -0.477. The van der Waals surface area contributed by atoms with E-state index in [-0.39, 0.29) is 11.6 Å². The van der Waals surface area contributed by atoms with Crippen LogP contribution in [-0.4, -0.2) is 28.2 Å². The molecule has 7 nitrogen and oxygen atoms in total. The molecule has 0 aliphatic carbocycles. The molecule has 7 rings (SSSR count). The molecule has 5 aromatic rings. The van der Waals surface area contributed by atoms with Crippen molar-refractivity contribution in [2.24, 2.45) is 0 Å². The third-order valence-corrected chi connectivity index (χ3v) is 8.84. The lowest BCUT2D eigenvalue weighted by Crippen LogP contribution is -2.45. The quantitative estimate of drug-likeness (QED) is 0.214. The van der Waals surface area contributed by atoms with Crippen molar-refractivity contribution in [2.75, 3.05) is 23.9 Å². The molecule has 2 aliphatic rings. The van der Waals surface area contributed by atoms with Crippen molar-refractivity contribution >= 4 is 45.6 Å². The van der Waals surface area contributed by atoms with Crippen LogP contribution >= 0.6 is 23.2 Å². The summed E-state index contributed by atoms with van der Waals surface area (Å²) in [6.07, 6.45) is 2.23. The molecule has 0 bridgehead atoms. The molecule has 40 heavy (non-hydrogen) atoms. The number of ether oxygens (including phenoxy) is 1. The van der Waals surface area contributed by atoms with E-state index < -0.39 is 5.54 Å². The fourth-order valence-corrected chi connectivity index (χ4v) is 7.09. The average Bonchev–Trinajstić information content (AvgIpc) is 3.65. The molecule has 204 valence electrons. The van der Waals surface area contributed by atoms with Crippen LogP contribution in [0.15, 0.2) is 59.5 Å². The van der Waals surface area contributed by atoms with Crippen LogP contribution < -0.4 is 20.6 Å². The molecular formula is C31H29Cl2N5O2. The number of benzene rings is 3. The molecule has 2 aliphatic heterocycles. The van der Waals surface area contributed by atoms with E-state index in [2.05, 4.69) is 69.9 Å². The maximum Gasteiger partial charge on any atom is 0.323 e. The molecule has 0 saturated heterocycles. The molecular weight excluding hydrogens is 545 g/mol. The monoisotopic (exact) mass is 573 g/mol. The van der Waals surface area contributed by atoms with E-state index in [1.165, 1.54) is 27.9 Å². The van der Waals surface area contributed by atoms with E-state index in [1.54, 1.807) is 7.11 Å². The number of imidazole rings is 1. The van der Waals surface area contributed by atoms with Crippen molar-refractivity contribution in [3.8, 4) is 11.4 Å². The van der Waals surface area contributed by atoms with Gasteiger partial charge in [-0.1, -0.05) is 49.2 Å². The van der Waals surface area contributed by atoms with Crippen molar-refractivity contribution in [3.05, 3.63) is 103 Å². The Hall–Kier alpha value is -3.81. The minimum absolute atomic E-state index is 0.183. The highest BCUT2D eigenvalue weighted by molar-refractivity contribution is 6.31. The number of aromatic nitrogens is 3. The normalized spacial score (nSPS) is 17.6. The Kier molecular flexibility index (Phi) is 5.57. The average molecular weight is 575 g/mol. The maximum atomic E-state index is 12.1. The first-order valence-electron chi connectivity index (χ1n) is 13.3. The predicted octanol–water partition coefficient (Wildman–Crippen LogP) is 7.08. The van der Waals surface area contributed by atoms with Gasteiger partial charge in [-0.3, -0.25) is 0 Å². The summed E-state index contributed by atoms with van der Waals surface area (Å²) in [5.41, 5.74) is 9.81. The van der Waals surface area contributed by atoms with Gasteiger partial charge in [0.15, 0.2) is 0 Å². The van der Waals surface area contributed by atoms with Crippen LogP contribution in [0.1, 0.15) is 47.7 Å². The van der Waals surface area contributed by atoms with Crippen molar-refractivity contribution in [3.63, 3.8) is 0 Å². The van der Waals surface area contributed by atoms with Crippen LogP contribution in [0.3, 0.4) is 0 Å². The van der Waals surface area contributed by atoms with Gasteiger partial charge < -0.3 is 29.5 Å². The first-order valence-corrected chi connectivity index (χ1v) is 14.1. The van der Waals surface area contributed by atoms with Crippen LogP contribution in [0.5, 0.6) is 5.75 Å². The molecule has 1 atom stereocenters. The zero-order valence-electron chi connectivity index (χ0n) is 22.7. The number of methoxy groups -OCH3 is 1. The molecule has 0 fully saturated rings. The SMILES string of the molecule is COc1cc2[nH]c(=O)[nH]c2cc1-n1cc2c(c1C(C)C)C1(CNc3cc(Cl)ccc31)N(c1cc(Cl)ccc1C)C2. The Morgan fingerprint density at radius 3 is 2.45 bits per heavy atom. The Balaban J connectivity index is 1.53. The molecule has 1 spiro atoms. The van der Waals surface area contributed by atoms with E-state index >= 15 is 0 Å². The summed E-state index contributed by atoms with van der Waals surface area (Å²) in [7, 11) is 1.66. The van der Waals surface area contributed by atoms with Crippen molar-refractivity contribution in [1.29, 1.82) is 0 Å². The first-order chi connectivity index (χ1) is 19.2. The number of aryl methyl sites for hydroxylation is 1. The highest BCUT2D eigenvalue weighted by Crippen LogP contribution is 2.56. The molecule has 3 N–H and O–H groups in total. The molecule has 0 amide bonds. The number of nitrogens with zero attached hydrogens (tertiary/aromatic N) is 2. The number of fused-ring (bicyclic) bond motifs is 5. The molecule has 4 heterocycles. The van der Waals surface area contributed by atoms with Gasteiger partial charge in [-0.05, 0) is 54.3 Å². The molecule has 9 heteroatoms. The number of nitrogens with one attached hydrogen (secondary N) is 3. The topological polar surface area (TPSA) is 78.1 Å². The Labute approximate surface area is 241 Å². The summed E-state index contributed by atoms with van der Waals surface area (Å²) in [5, 5.41) is 5.09. The zero-order valence-corrected chi connectivity index (χ0v) is 24.2. The molecule has 0 radical (unpaired) electrons. The van der Waals surface area contributed by atoms with Gasteiger partial charge in [0.1, 0.15) is 11.3 Å². The number of aromatic amines is 2. The Morgan fingerprint density at radius 2 is 1.70 bits per heavy atom. The Bertz CT molecular complexity index is 1880. The molecule has 0 saturated carbocycles. The summed E-state index contributed by atoms with van der Waals surface area (Å²) >= 11 is 13.0. The van der Waals surface area contributed by atoms with Crippen LogP contribution in [-0.2, 0) is 12.1 Å². The maximum absolute atomic E-state index is 12.1. The lowest BCUT2D eigenvalue weighted by molar-refractivity contribution is 0.413. The molecule has 3 aromatic carbocycles. The predicted molar refractivity (Wildman–Crippen MR) is 162 cm³/mol. The summed E-state index contributed by atoms with van der Waals surface area (Å²) in [5.74, 6) is 0.870. The number of rotatable bonds is 4. The standard InChI is InChI=1S/C31H29Cl2N5O2/c1-16(2)29-28-18(13-37(29)26-11-23-24(12-27(26)40-4)36-30(39)35-23)14-38(25-10-20(33)6-5-17(25)3)31(28)15-34-22-9-19(32)7-8-21(22)31/h5-13,16,34H,14-15H2,1-4H3,(H2,35,36,39). The number of halogens is 2. The highest BCUT2D eigenvalue weighted by atomic mass is 35.5. The number of hydrogen-bond acceptors (Lipinski definition) is 4. The largest absolute Gasteiger partial charge is 0.494 e. The smallest absolute Gasteiger partial charge is 0.323 e. The van der Waals surface area contributed by atoms with Gasteiger partial charge in [-0.25, -0.2) is 4.79 Å². The van der Waals surface area contributed by atoms with Gasteiger partial charge in [0.25, 0.3) is 0 Å². The van der Waals surface area contributed by atoms with Crippen LogP contribution in [0.2, 0.25) is 10.0 Å². The second kappa shape index (κ2) is 8.85. The lowest BCUT2D eigenvalue weighted by Gasteiger charge is -2.40. The number of hydrogen-bond donors (Lipinski definition) is 3. The Morgan fingerprint density at radius 1 is 0.975 bits per heavy atom. The van der Waals surface area contributed by atoms with Crippen LogP contribution in [0.25, 0.3) is 16.7 Å². The molecule has 1 unspecified atom stereocenters. The van der Waals surface area contributed by atoms with Gasteiger partial charge in [0, 0.05) is 63.6 Å². The zero-order chi connectivity index (χ0) is 27.9.